The number of guanidine groups is 1. The van der Waals surface area contributed by atoms with Crippen molar-refractivity contribution in [2.45, 2.75) is 38.8 Å². The highest BCUT2D eigenvalue weighted by atomic mass is 19.4. The van der Waals surface area contributed by atoms with Crippen LogP contribution in [0.3, 0.4) is 0 Å². The smallest absolute Gasteiger partial charge is 0.356 e. The van der Waals surface area contributed by atoms with E-state index in [1.54, 1.807) is 20.0 Å². The average Bonchev–Trinajstić information content (AvgIpc) is 3.04. The first kappa shape index (κ1) is 20.7. The first-order chi connectivity index (χ1) is 12.8. The summed E-state index contributed by atoms with van der Waals surface area (Å²) in [6.07, 6.45) is -3.08. The molecule has 0 saturated heterocycles. The normalized spacial score (nSPS) is 13.5. The van der Waals surface area contributed by atoms with E-state index in [0.29, 0.717) is 49.2 Å². The molecule has 1 atom stereocenters. The predicted molar refractivity (Wildman–Crippen MR) is 96.6 cm³/mol. The van der Waals surface area contributed by atoms with Crippen LogP contribution in [-0.2, 0) is 12.6 Å². The van der Waals surface area contributed by atoms with Crippen LogP contribution in [0.25, 0.3) is 0 Å². The Labute approximate surface area is 156 Å². The number of aromatic nitrogens is 2. The summed E-state index contributed by atoms with van der Waals surface area (Å²) in [7, 11) is 1.66. The highest BCUT2D eigenvalue weighted by molar-refractivity contribution is 5.79. The van der Waals surface area contributed by atoms with Gasteiger partial charge in [-0.2, -0.15) is 18.2 Å². The highest BCUT2D eigenvalue weighted by Gasteiger charge is 2.30. The Kier molecular flexibility index (Phi) is 7.20. The van der Waals surface area contributed by atoms with Gasteiger partial charge in [0.25, 0.3) is 0 Å². The zero-order valence-electron chi connectivity index (χ0n) is 15.6. The van der Waals surface area contributed by atoms with E-state index in [0.717, 1.165) is 6.07 Å². The SMILES string of the molecule is CN=C(NCCc1nc(C)no1)NCCC(C)c1cccc(C(F)(F)F)c1. The Morgan fingerprint density at radius 2 is 2.00 bits per heavy atom. The van der Waals surface area contributed by atoms with Crippen LogP contribution in [0, 0.1) is 6.92 Å². The molecule has 6 nitrogen and oxygen atoms in total. The second-order valence-corrected chi connectivity index (χ2v) is 6.22. The Balaban J connectivity index is 1.76. The van der Waals surface area contributed by atoms with Crippen molar-refractivity contribution < 1.29 is 17.7 Å². The molecule has 0 amide bonds. The summed E-state index contributed by atoms with van der Waals surface area (Å²) >= 11 is 0. The van der Waals surface area contributed by atoms with Crippen LogP contribution in [-0.4, -0.2) is 36.2 Å². The third-order valence-electron chi connectivity index (χ3n) is 4.08. The summed E-state index contributed by atoms with van der Waals surface area (Å²) in [4.78, 5) is 8.24. The molecule has 1 unspecified atom stereocenters. The first-order valence-electron chi connectivity index (χ1n) is 8.70. The summed E-state index contributed by atoms with van der Waals surface area (Å²) in [5.41, 5.74) is 0.0508. The Hall–Kier alpha value is -2.58. The lowest BCUT2D eigenvalue weighted by Crippen LogP contribution is -2.39. The average molecular weight is 383 g/mol. The number of nitrogens with zero attached hydrogens (tertiary/aromatic N) is 3. The monoisotopic (exact) mass is 383 g/mol. The molecule has 1 heterocycles. The summed E-state index contributed by atoms with van der Waals surface area (Å²) in [6.45, 7) is 4.82. The first-order valence-corrected chi connectivity index (χ1v) is 8.70. The maximum absolute atomic E-state index is 12.8. The van der Waals surface area contributed by atoms with Crippen LogP contribution in [0.15, 0.2) is 33.8 Å². The predicted octanol–water partition coefficient (Wildman–Crippen LogP) is 3.30. The number of aliphatic imine (C=N–C) groups is 1. The van der Waals surface area contributed by atoms with Crippen LogP contribution in [0.2, 0.25) is 0 Å². The minimum absolute atomic E-state index is 0.0146. The molecular weight excluding hydrogens is 359 g/mol. The topological polar surface area (TPSA) is 75.3 Å². The lowest BCUT2D eigenvalue weighted by Gasteiger charge is -2.16. The van der Waals surface area contributed by atoms with Crippen molar-refractivity contribution in [1.82, 2.24) is 20.8 Å². The van der Waals surface area contributed by atoms with Crippen molar-refractivity contribution in [3.05, 3.63) is 47.1 Å². The molecule has 148 valence electrons. The maximum atomic E-state index is 12.8. The summed E-state index contributed by atoms with van der Waals surface area (Å²) in [5.74, 6) is 1.74. The molecule has 2 rings (SSSR count). The van der Waals surface area contributed by atoms with Gasteiger partial charge in [0.15, 0.2) is 11.8 Å². The molecule has 0 aliphatic carbocycles. The second-order valence-electron chi connectivity index (χ2n) is 6.22. The van der Waals surface area contributed by atoms with E-state index in [9.17, 15) is 13.2 Å². The fourth-order valence-corrected chi connectivity index (χ4v) is 2.55. The van der Waals surface area contributed by atoms with Gasteiger partial charge in [-0.3, -0.25) is 4.99 Å². The summed E-state index contributed by atoms with van der Waals surface area (Å²) in [6, 6.07) is 5.47. The van der Waals surface area contributed by atoms with Crippen LogP contribution in [0.5, 0.6) is 0 Å². The number of aryl methyl sites for hydroxylation is 1. The number of nitrogens with one attached hydrogen (secondary N) is 2. The number of hydrogen-bond donors (Lipinski definition) is 2. The quantitative estimate of drug-likeness (QED) is 0.567. The van der Waals surface area contributed by atoms with Gasteiger partial charge in [0, 0.05) is 26.6 Å². The highest BCUT2D eigenvalue weighted by Crippen LogP contribution is 2.31. The number of halogens is 3. The fraction of sp³-hybridized carbons (Fsp3) is 0.500. The Bertz CT molecular complexity index is 757. The number of hydrogen-bond acceptors (Lipinski definition) is 4. The van der Waals surface area contributed by atoms with E-state index in [4.69, 9.17) is 4.52 Å². The molecule has 0 aliphatic rings. The van der Waals surface area contributed by atoms with Crippen LogP contribution in [0.1, 0.15) is 42.1 Å². The molecule has 1 aromatic heterocycles. The second kappa shape index (κ2) is 9.38. The van der Waals surface area contributed by atoms with Crippen molar-refractivity contribution in [3.8, 4) is 0 Å². The van der Waals surface area contributed by atoms with E-state index in [1.165, 1.54) is 12.1 Å². The van der Waals surface area contributed by atoms with E-state index in [-0.39, 0.29) is 5.92 Å². The standard InChI is InChI=1S/C18H24F3N5O/c1-12(14-5-4-6-15(11-14)18(19,20)21)7-9-23-17(22-3)24-10-8-16-25-13(2)26-27-16/h4-6,11-12H,7-10H2,1-3H3,(H2,22,23,24). The molecule has 0 bridgehead atoms. The van der Waals surface area contributed by atoms with Crippen molar-refractivity contribution >= 4 is 5.96 Å². The summed E-state index contributed by atoms with van der Waals surface area (Å²) < 4.78 is 43.5. The molecule has 0 aliphatic heterocycles. The maximum Gasteiger partial charge on any atom is 0.416 e. The van der Waals surface area contributed by atoms with Gasteiger partial charge in [0.2, 0.25) is 5.89 Å². The molecular formula is C18H24F3N5O. The molecule has 27 heavy (non-hydrogen) atoms. The zero-order chi connectivity index (χ0) is 19.9. The number of rotatable bonds is 7. The third kappa shape index (κ3) is 6.58. The van der Waals surface area contributed by atoms with Crippen molar-refractivity contribution in [3.63, 3.8) is 0 Å². The summed E-state index contributed by atoms with van der Waals surface area (Å²) in [5, 5.41) is 10.0. The van der Waals surface area contributed by atoms with Gasteiger partial charge in [-0.05, 0) is 30.9 Å². The largest absolute Gasteiger partial charge is 0.416 e. The minimum Gasteiger partial charge on any atom is -0.356 e. The fourth-order valence-electron chi connectivity index (χ4n) is 2.55. The van der Waals surface area contributed by atoms with E-state index < -0.39 is 11.7 Å². The molecule has 1 aromatic carbocycles. The number of benzene rings is 1. The van der Waals surface area contributed by atoms with Crippen molar-refractivity contribution in [2.75, 3.05) is 20.1 Å². The Morgan fingerprint density at radius 3 is 2.63 bits per heavy atom. The lowest BCUT2D eigenvalue weighted by atomic mass is 9.96. The molecule has 9 heteroatoms. The van der Waals surface area contributed by atoms with Crippen LogP contribution < -0.4 is 10.6 Å². The number of alkyl halides is 3. The van der Waals surface area contributed by atoms with Gasteiger partial charge in [-0.25, -0.2) is 0 Å². The molecule has 0 radical (unpaired) electrons. The van der Waals surface area contributed by atoms with Crippen LogP contribution >= 0.6 is 0 Å². The minimum atomic E-state index is -4.32. The van der Waals surface area contributed by atoms with E-state index in [1.807, 2.05) is 6.92 Å². The lowest BCUT2D eigenvalue weighted by molar-refractivity contribution is -0.137. The Morgan fingerprint density at radius 1 is 1.26 bits per heavy atom. The zero-order valence-corrected chi connectivity index (χ0v) is 15.6. The van der Waals surface area contributed by atoms with Gasteiger partial charge >= 0.3 is 6.18 Å². The van der Waals surface area contributed by atoms with Crippen LogP contribution in [0.4, 0.5) is 13.2 Å². The molecule has 0 saturated carbocycles. The van der Waals surface area contributed by atoms with Gasteiger partial charge < -0.3 is 15.2 Å². The van der Waals surface area contributed by atoms with E-state index >= 15 is 0 Å². The molecule has 2 N–H and O–H groups in total. The third-order valence-corrected chi connectivity index (χ3v) is 4.08. The molecule has 0 fully saturated rings. The van der Waals surface area contributed by atoms with Gasteiger partial charge in [0.1, 0.15) is 0 Å². The molecule has 2 aromatic rings. The van der Waals surface area contributed by atoms with Crippen molar-refractivity contribution in [1.29, 1.82) is 0 Å². The van der Waals surface area contributed by atoms with Gasteiger partial charge in [0.05, 0.1) is 5.56 Å². The van der Waals surface area contributed by atoms with Crippen molar-refractivity contribution in [2.24, 2.45) is 4.99 Å². The van der Waals surface area contributed by atoms with Gasteiger partial charge in [-0.1, -0.05) is 30.3 Å². The van der Waals surface area contributed by atoms with Gasteiger partial charge in [-0.15, -0.1) is 0 Å². The van der Waals surface area contributed by atoms with E-state index in [2.05, 4.69) is 25.8 Å². The molecule has 0 spiro atoms.